The van der Waals surface area contributed by atoms with Crippen LogP contribution in [0.15, 0.2) is 30.3 Å². The number of carbonyl (C=O) groups excluding carboxylic acids is 2. The minimum absolute atomic E-state index is 0.0419. The first kappa shape index (κ1) is 25.3. The molecule has 2 aliphatic heterocycles. The number of anilines is 1. The number of aromatic amines is 1. The molecule has 0 atom stereocenters. The summed E-state index contributed by atoms with van der Waals surface area (Å²) in [5.41, 5.74) is 3.99. The number of ether oxygens (including phenoxy) is 2. The fourth-order valence-corrected chi connectivity index (χ4v) is 4.95. The minimum Gasteiger partial charge on any atom is -0.461 e. The van der Waals surface area contributed by atoms with Gasteiger partial charge < -0.3 is 29.6 Å². The lowest BCUT2D eigenvalue weighted by atomic mass is 10.1. The van der Waals surface area contributed by atoms with Crippen molar-refractivity contribution in [2.75, 3.05) is 50.8 Å². The highest BCUT2D eigenvalue weighted by atomic mass is 35.5. The van der Waals surface area contributed by atoms with Crippen molar-refractivity contribution >= 4 is 40.3 Å². The zero-order valence-corrected chi connectivity index (χ0v) is 21.6. The molecule has 0 aliphatic carbocycles. The highest BCUT2D eigenvalue weighted by molar-refractivity contribution is 6.33. The topological polar surface area (TPSA) is 113 Å². The second-order valence-corrected chi connectivity index (χ2v) is 9.72. The number of carbonyl (C=O) groups is 2. The molecule has 2 fully saturated rings. The zero-order valence-electron chi connectivity index (χ0n) is 20.8. The Bertz CT molecular complexity index is 1250. The average molecular weight is 527 g/mol. The molecule has 10 nitrogen and oxygen atoms in total. The molecule has 3 aromatic rings. The molecule has 2 amide bonds. The number of nitrogens with zero attached hydrogens (tertiary/aromatic N) is 4. The van der Waals surface area contributed by atoms with Gasteiger partial charge in [0, 0.05) is 70.2 Å². The van der Waals surface area contributed by atoms with E-state index in [2.05, 4.69) is 32.3 Å². The summed E-state index contributed by atoms with van der Waals surface area (Å²) in [4.78, 5) is 39.8. The number of benzene rings is 1. The van der Waals surface area contributed by atoms with Gasteiger partial charge in [-0.2, -0.15) is 4.98 Å². The van der Waals surface area contributed by atoms with Crippen molar-refractivity contribution in [2.45, 2.75) is 32.3 Å². The van der Waals surface area contributed by atoms with Crippen molar-refractivity contribution in [3.05, 3.63) is 35.4 Å². The lowest BCUT2D eigenvalue weighted by Crippen LogP contribution is -2.42. The maximum atomic E-state index is 12.3. The third-order valence-electron chi connectivity index (χ3n) is 6.71. The molecular weight excluding hydrogens is 496 g/mol. The molecule has 2 aliphatic rings. The molecule has 0 saturated carbocycles. The number of imidazole rings is 1. The number of halogens is 1. The summed E-state index contributed by atoms with van der Waals surface area (Å²) >= 11 is 6.59. The molecule has 0 bridgehead atoms. The van der Waals surface area contributed by atoms with E-state index in [1.807, 2.05) is 23.1 Å². The Kier molecular flexibility index (Phi) is 7.76. The number of fused-ring (bicyclic) bond motifs is 1. The van der Waals surface area contributed by atoms with Crippen LogP contribution in [0.2, 0.25) is 5.02 Å². The maximum absolute atomic E-state index is 12.3. The molecule has 2 saturated heterocycles. The van der Waals surface area contributed by atoms with Gasteiger partial charge in [0.25, 0.3) is 6.01 Å². The first-order chi connectivity index (χ1) is 18.0. The number of amides is 2. The number of piperidine rings is 1. The molecule has 0 unspecified atom stereocenters. The molecule has 0 radical (unpaired) electrons. The molecule has 37 heavy (non-hydrogen) atoms. The van der Waals surface area contributed by atoms with E-state index in [1.165, 1.54) is 6.92 Å². The maximum Gasteiger partial charge on any atom is 0.296 e. The molecule has 2 aromatic heterocycles. The Morgan fingerprint density at radius 3 is 2.57 bits per heavy atom. The number of likely N-dealkylation sites (tertiary alicyclic amines) is 1. The minimum atomic E-state index is -0.129. The molecule has 196 valence electrons. The standard InChI is InChI=1S/C26H31ClN6O4/c1-17(34)28-9-6-23(35)33-10-7-20(8-11-33)37-26-29-22-16-21(27)24(30-25(22)31-26)18-2-4-19(5-3-18)32-12-14-36-15-13-32/h2-5,16,20H,6-15H2,1H3,(H,28,34)(H,29,30,31). The second-order valence-electron chi connectivity index (χ2n) is 9.31. The van der Waals surface area contributed by atoms with Crippen LogP contribution in [-0.4, -0.2) is 83.7 Å². The first-order valence-corrected chi connectivity index (χ1v) is 13.0. The fourth-order valence-electron chi connectivity index (χ4n) is 4.69. The van der Waals surface area contributed by atoms with Crippen LogP contribution in [0.4, 0.5) is 5.69 Å². The van der Waals surface area contributed by atoms with Crippen molar-refractivity contribution in [1.82, 2.24) is 25.2 Å². The third kappa shape index (κ3) is 6.14. The number of aromatic nitrogens is 3. The number of H-pyrrole nitrogens is 1. The number of pyridine rings is 1. The van der Waals surface area contributed by atoms with Crippen LogP contribution in [0.25, 0.3) is 22.4 Å². The zero-order chi connectivity index (χ0) is 25.8. The van der Waals surface area contributed by atoms with E-state index in [0.717, 1.165) is 37.6 Å². The van der Waals surface area contributed by atoms with E-state index >= 15 is 0 Å². The quantitative estimate of drug-likeness (QED) is 0.486. The lowest BCUT2D eigenvalue weighted by Gasteiger charge is -2.31. The van der Waals surface area contributed by atoms with E-state index in [-0.39, 0.29) is 17.9 Å². The summed E-state index contributed by atoms with van der Waals surface area (Å²) in [6, 6.07) is 10.4. The molecule has 1 aromatic carbocycles. The van der Waals surface area contributed by atoms with E-state index in [1.54, 1.807) is 0 Å². The van der Waals surface area contributed by atoms with Gasteiger partial charge in [-0.25, -0.2) is 4.98 Å². The van der Waals surface area contributed by atoms with E-state index in [9.17, 15) is 9.59 Å². The number of hydrogen-bond donors (Lipinski definition) is 2. The SMILES string of the molecule is CC(=O)NCCC(=O)N1CCC(Oc2nc3nc(-c4ccc(N5CCOCC5)cc4)c(Cl)cc3[nH]2)CC1. The predicted molar refractivity (Wildman–Crippen MR) is 141 cm³/mol. The predicted octanol–water partition coefficient (Wildman–Crippen LogP) is 3.01. The number of rotatable bonds is 7. The van der Waals surface area contributed by atoms with Crippen LogP contribution in [0, 0.1) is 0 Å². The van der Waals surface area contributed by atoms with Crippen LogP contribution in [0.1, 0.15) is 26.2 Å². The Morgan fingerprint density at radius 2 is 1.86 bits per heavy atom. The molecule has 2 N–H and O–H groups in total. The summed E-state index contributed by atoms with van der Waals surface area (Å²) in [7, 11) is 0. The summed E-state index contributed by atoms with van der Waals surface area (Å²) in [5, 5.41) is 3.19. The normalized spacial score (nSPS) is 16.7. The summed E-state index contributed by atoms with van der Waals surface area (Å²) < 4.78 is 11.5. The van der Waals surface area contributed by atoms with Crippen molar-refractivity contribution in [1.29, 1.82) is 0 Å². The fraction of sp³-hybridized carbons (Fsp3) is 0.462. The number of nitrogens with one attached hydrogen (secondary N) is 2. The van der Waals surface area contributed by atoms with Gasteiger partial charge in [-0.15, -0.1) is 0 Å². The van der Waals surface area contributed by atoms with E-state index in [0.29, 0.717) is 66.8 Å². The van der Waals surface area contributed by atoms with E-state index < -0.39 is 0 Å². The monoisotopic (exact) mass is 526 g/mol. The van der Waals surface area contributed by atoms with Gasteiger partial charge in [0.15, 0.2) is 5.65 Å². The van der Waals surface area contributed by atoms with Gasteiger partial charge in [-0.3, -0.25) is 9.59 Å². The second kappa shape index (κ2) is 11.4. The number of hydrogen-bond acceptors (Lipinski definition) is 7. The number of morpholine rings is 1. The van der Waals surface area contributed by atoms with Gasteiger partial charge in [0.1, 0.15) is 6.10 Å². The molecule has 0 spiro atoms. The van der Waals surface area contributed by atoms with Crippen LogP contribution >= 0.6 is 11.6 Å². The third-order valence-corrected chi connectivity index (χ3v) is 7.00. The van der Waals surface area contributed by atoms with Gasteiger partial charge in [-0.1, -0.05) is 23.7 Å². The highest BCUT2D eigenvalue weighted by Gasteiger charge is 2.25. The average Bonchev–Trinajstić information content (AvgIpc) is 3.30. The Hall–Kier alpha value is -3.37. The van der Waals surface area contributed by atoms with Crippen molar-refractivity contribution < 1.29 is 19.1 Å². The van der Waals surface area contributed by atoms with Crippen molar-refractivity contribution in [3.63, 3.8) is 0 Å². The van der Waals surface area contributed by atoms with Gasteiger partial charge in [-0.05, 0) is 18.2 Å². The molecule has 11 heteroatoms. The van der Waals surface area contributed by atoms with Crippen LogP contribution < -0.4 is 15.0 Å². The molecule has 5 rings (SSSR count). The van der Waals surface area contributed by atoms with Crippen molar-refractivity contribution in [3.8, 4) is 17.3 Å². The lowest BCUT2D eigenvalue weighted by molar-refractivity contribution is -0.133. The Morgan fingerprint density at radius 1 is 1.14 bits per heavy atom. The summed E-state index contributed by atoms with van der Waals surface area (Å²) in [6.45, 7) is 6.28. The largest absolute Gasteiger partial charge is 0.461 e. The Balaban J connectivity index is 1.20. The summed E-state index contributed by atoms with van der Waals surface area (Å²) in [6.07, 6.45) is 1.66. The first-order valence-electron chi connectivity index (χ1n) is 12.6. The van der Waals surface area contributed by atoms with Crippen LogP contribution in [0.3, 0.4) is 0 Å². The van der Waals surface area contributed by atoms with Crippen LogP contribution in [-0.2, 0) is 14.3 Å². The molecule has 4 heterocycles. The Labute approximate surface area is 220 Å². The van der Waals surface area contributed by atoms with Gasteiger partial charge in [0.05, 0.1) is 29.4 Å². The van der Waals surface area contributed by atoms with Crippen molar-refractivity contribution in [2.24, 2.45) is 0 Å². The highest BCUT2D eigenvalue weighted by Crippen LogP contribution is 2.31. The molecular formula is C26H31ClN6O4. The summed E-state index contributed by atoms with van der Waals surface area (Å²) in [5.74, 6) is -0.0874. The van der Waals surface area contributed by atoms with Crippen LogP contribution in [0.5, 0.6) is 6.01 Å². The van der Waals surface area contributed by atoms with Gasteiger partial charge >= 0.3 is 0 Å². The van der Waals surface area contributed by atoms with E-state index in [4.69, 9.17) is 26.1 Å². The smallest absolute Gasteiger partial charge is 0.296 e. The van der Waals surface area contributed by atoms with Gasteiger partial charge in [0.2, 0.25) is 11.8 Å².